The van der Waals surface area contributed by atoms with E-state index in [9.17, 15) is 10.1 Å². The van der Waals surface area contributed by atoms with Crippen LogP contribution in [0.1, 0.15) is 0 Å². The van der Waals surface area contributed by atoms with Gasteiger partial charge in [-0.2, -0.15) is 0 Å². The summed E-state index contributed by atoms with van der Waals surface area (Å²) in [6.45, 7) is 0. The molecule has 0 spiro atoms. The van der Waals surface area contributed by atoms with Crippen LogP contribution in [0.15, 0.2) is 27.7 Å². The van der Waals surface area contributed by atoms with Crippen LogP contribution in [0.2, 0.25) is 0 Å². The van der Waals surface area contributed by atoms with Gasteiger partial charge in [-0.05, 0) is 17.8 Å². The van der Waals surface area contributed by atoms with Gasteiger partial charge in [0.2, 0.25) is 5.13 Å². The molecule has 0 amide bonds. The molecule has 9 heteroatoms. The summed E-state index contributed by atoms with van der Waals surface area (Å²) >= 11 is 2.51. The summed E-state index contributed by atoms with van der Waals surface area (Å²) in [5, 5.41) is 19.8. The lowest BCUT2D eigenvalue weighted by atomic mass is 10.4. The molecule has 2 aromatic rings. The molecule has 0 saturated heterocycles. The first kappa shape index (κ1) is 12.7. The van der Waals surface area contributed by atoms with E-state index in [2.05, 4.69) is 15.2 Å². The molecule has 0 fully saturated rings. The topological polar surface area (TPSA) is 85.0 Å². The lowest BCUT2D eigenvalue weighted by Gasteiger charge is -2.03. The van der Waals surface area contributed by atoms with E-state index in [0.717, 1.165) is 16.9 Å². The fourth-order valence-electron chi connectivity index (χ4n) is 1.11. The van der Waals surface area contributed by atoms with Gasteiger partial charge in [0, 0.05) is 26.4 Å². The van der Waals surface area contributed by atoms with Gasteiger partial charge in [0.25, 0.3) is 0 Å². The third kappa shape index (κ3) is 2.74. The number of pyridine rings is 1. The molecule has 2 rings (SSSR count). The van der Waals surface area contributed by atoms with Crippen molar-refractivity contribution in [2.75, 3.05) is 19.0 Å². The van der Waals surface area contributed by atoms with Crippen LogP contribution in [0, 0.1) is 10.1 Å². The summed E-state index contributed by atoms with van der Waals surface area (Å²) in [5.74, 6) is 0. The van der Waals surface area contributed by atoms with Gasteiger partial charge in [0.15, 0.2) is 9.37 Å². The summed E-state index contributed by atoms with van der Waals surface area (Å²) in [5.41, 5.74) is -0.0240. The first-order valence-electron chi connectivity index (χ1n) is 4.86. The zero-order valence-electron chi connectivity index (χ0n) is 9.60. The Morgan fingerprint density at radius 3 is 2.83 bits per heavy atom. The second kappa shape index (κ2) is 5.27. The van der Waals surface area contributed by atoms with Crippen molar-refractivity contribution in [3.8, 4) is 0 Å². The van der Waals surface area contributed by atoms with Gasteiger partial charge in [-0.25, -0.2) is 4.98 Å². The predicted octanol–water partition coefficient (Wildman–Crippen LogP) is 2.06. The number of aromatic nitrogens is 3. The monoisotopic (exact) mass is 283 g/mol. The standard InChI is InChI=1S/C9H9N5O2S2/c1-13(2)8-11-12-9(18-8)17-7-6(14(15)16)4-3-5-10-7/h3-5H,1-2H3. The maximum absolute atomic E-state index is 10.8. The van der Waals surface area contributed by atoms with Gasteiger partial charge in [-0.1, -0.05) is 11.3 Å². The van der Waals surface area contributed by atoms with E-state index in [1.54, 1.807) is 0 Å². The zero-order chi connectivity index (χ0) is 13.1. The second-order valence-corrected chi connectivity index (χ2v) is 5.62. The van der Waals surface area contributed by atoms with Crippen molar-refractivity contribution >= 4 is 33.9 Å². The number of rotatable bonds is 4. The van der Waals surface area contributed by atoms with Crippen molar-refractivity contribution in [3.05, 3.63) is 28.4 Å². The first-order chi connectivity index (χ1) is 8.58. The Labute approximate surface area is 111 Å². The van der Waals surface area contributed by atoms with E-state index in [4.69, 9.17) is 0 Å². The van der Waals surface area contributed by atoms with E-state index < -0.39 is 4.92 Å². The summed E-state index contributed by atoms with van der Waals surface area (Å²) < 4.78 is 0.625. The van der Waals surface area contributed by atoms with Crippen molar-refractivity contribution in [1.29, 1.82) is 0 Å². The molecular formula is C9H9N5O2S2. The van der Waals surface area contributed by atoms with E-state index >= 15 is 0 Å². The Morgan fingerprint density at radius 1 is 1.44 bits per heavy atom. The SMILES string of the molecule is CN(C)c1nnc(Sc2ncccc2[N+](=O)[O-])s1. The Balaban J connectivity index is 2.25. The van der Waals surface area contributed by atoms with Crippen LogP contribution in [0.25, 0.3) is 0 Å². The number of anilines is 1. The Morgan fingerprint density at radius 2 is 2.22 bits per heavy atom. The van der Waals surface area contributed by atoms with Crippen molar-refractivity contribution in [1.82, 2.24) is 15.2 Å². The summed E-state index contributed by atoms with van der Waals surface area (Å²) in [6, 6.07) is 2.96. The molecule has 7 nitrogen and oxygen atoms in total. The quantitative estimate of drug-likeness (QED) is 0.627. The molecule has 0 atom stereocenters. The van der Waals surface area contributed by atoms with Crippen molar-refractivity contribution < 1.29 is 4.92 Å². The third-order valence-corrected chi connectivity index (χ3v) is 4.06. The molecule has 2 aromatic heterocycles. The van der Waals surface area contributed by atoms with Crippen LogP contribution in [0.5, 0.6) is 0 Å². The van der Waals surface area contributed by atoms with Crippen LogP contribution >= 0.6 is 23.1 Å². The number of nitro groups is 1. The van der Waals surface area contributed by atoms with Gasteiger partial charge in [-0.15, -0.1) is 10.2 Å². The number of hydrogen-bond donors (Lipinski definition) is 0. The van der Waals surface area contributed by atoms with Crippen molar-refractivity contribution in [3.63, 3.8) is 0 Å². The van der Waals surface area contributed by atoms with Gasteiger partial charge in [0.1, 0.15) is 0 Å². The van der Waals surface area contributed by atoms with Crippen LogP contribution in [-0.4, -0.2) is 34.2 Å². The van der Waals surface area contributed by atoms with Gasteiger partial charge in [-0.3, -0.25) is 10.1 Å². The highest BCUT2D eigenvalue weighted by Gasteiger charge is 2.17. The van der Waals surface area contributed by atoms with E-state index in [-0.39, 0.29) is 5.69 Å². The molecule has 0 radical (unpaired) electrons. The van der Waals surface area contributed by atoms with E-state index in [1.807, 2.05) is 19.0 Å². The van der Waals surface area contributed by atoms with Crippen molar-refractivity contribution in [2.45, 2.75) is 9.37 Å². The lowest BCUT2D eigenvalue weighted by molar-refractivity contribution is -0.388. The average Bonchev–Trinajstić information content (AvgIpc) is 2.78. The normalized spacial score (nSPS) is 10.3. The van der Waals surface area contributed by atoms with E-state index in [0.29, 0.717) is 9.37 Å². The molecule has 0 aliphatic carbocycles. The number of hydrogen-bond acceptors (Lipinski definition) is 8. The van der Waals surface area contributed by atoms with Crippen molar-refractivity contribution in [2.24, 2.45) is 0 Å². The molecule has 0 bridgehead atoms. The molecule has 0 aliphatic rings. The zero-order valence-corrected chi connectivity index (χ0v) is 11.2. The smallest absolute Gasteiger partial charge is 0.301 e. The average molecular weight is 283 g/mol. The van der Waals surface area contributed by atoms with E-state index in [1.165, 1.54) is 29.7 Å². The van der Waals surface area contributed by atoms with Gasteiger partial charge < -0.3 is 4.90 Å². The molecule has 2 heterocycles. The molecule has 0 aromatic carbocycles. The third-order valence-electron chi connectivity index (χ3n) is 1.91. The van der Waals surface area contributed by atoms with Crippen LogP contribution in [0.3, 0.4) is 0 Å². The molecule has 0 N–H and O–H groups in total. The highest BCUT2D eigenvalue weighted by atomic mass is 32.2. The minimum Gasteiger partial charge on any atom is -0.353 e. The molecule has 94 valence electrons. The number of nitrogens with zero attached hydrogens (tertiary/aromatic N) is 5. The predicted molar refractivity (Wildman–Crippen MR) is 69.3 cm³/mol. The Bertz CT molecular complexity index is 572. The maximum Gasteiger partial charge on any atom is 0.301 e. The minimum absolute atomic E-state index is 0.0240. The molecule has 0 unspecified atom stereocenters. The molecule has 18 heavy (non-hydrogen) atoms. The van der Waals surface area contributed by atoms with Crippen LogP contribution in [0.4, 0.5) is 10.8 Å². The summed E-state index contributed by atoms with van der Waals surface area (Å²) in [4.78, 5) is 16.2. The maximum atomic E-state index is 10.8. The Hall–Kier alpha value is -1.74. The van der Waals surface area contributed by atoms with Crippen LogP contribution < -0.4 is 4.90 Å². The molecular weight excluding hydrogens is 274 g/mol. The minimum atomic E-state index is -0.455. The largest absolute Gasteiger partial charge is 0.353 e. The first-order valence-corrected chi connectivity index (χ1v) is 6.49. The van der Waals surface area contributed by atoms with Crippen LogP contribution in [-0.2, 0) is 0 Å². The fourth-order valence-corrected chi connectivity index (χ4v) is 2.84. The molecule has 0 aliphatic heterocycles. The summed E-state index contributed by atoms with van der Waals surface area (Å²) in [6.07, 6.45) is 1.52. The highest BCUT2D eigenvalue weighted by molar-refractivity contribution is 8.01. The highest BCUT2D eigenvalue weighted by Crippen LogP contribution is 2.35. The lowest BCUT2D eigenvalue weighted by Crippen LogP contribution is -2.07. The molecule has 0 saturated carbocycles. The second-order valence-electron chi connectivity index (χ2n) is 3.43. The van der Waals surface area contributed by atoms with Gasteiger partial charge >= 0.3 is 5.69 Å². The fraction of sp³-hybridized carbons (Fsp3) is 0.222. The van der Waals surface area contributed by atoms with Gasteiger partial charge in [0.05, 0.1) is 4.92 Å². The Kier molecular flexibility index (Phi) is 3.72. The summed E-state index contributed by atoms with van der Waals surface area (Å²) in [7, 11) is 3.72.